The Morgan fingerprint density at radius 2 is 2.17 bits per heavy atom. The van der Waals surface area contributed by atoms with Gasteiger partial charge in [0.05, 0.1) is 0 Å². The highest BCUT2D eigenvalue weighted by molar-refractivity contribution is 5.85. The molecule has 1 aromatic carbocycles. The molecule has 0 N–H and O–H groups in total. The lowest BCUT2D eigenvalue weighted by atomic mass is 9.74. The standard InChI is InChI=1S/C16H20O2/c1-2-18-16(11-7-8-11)15(17)10-13-9-12-5-3-4-6-14(12)13/h3-6,11,13,16H,2,7-10H2,1H3. The number of benzene rings is 1. The second kappa shape index (κ2) is 4.85. The van der Waals surface area contributed by atoms with Gasteiger partial charge in [0.1, 0.15) is 6.10 Å². The van der Waals surface area contributed by atoms with Crippen LogP contribution in [0.4, 0.5) is 0 Å². The zero-order chi connectivity index (χ0) is 12.5. The van der Waals surface area contributed by atoms with Crippen molar-refractivity contribution >= 4 is 5.78 Å². The average molecular weight is 244 g/mol. The number of fused-ring (bicyclic) bond motifs is 1. The van der Waals surface area contributed by atoms with Crippen LogP contribution in [-0.2, 0) is 16.0 Å². The third-order valence-corrected chi connectivity index (χ3v) is 4.12. The first-order valence-electron chi connectivity index (χ1n) is 7.01. The molecule has 2 aliphatic carbocycles. The first kappa shape index (κ1) is 11.9. The molecule has 0 radical (unpaired) electrons. The summed E-state index contributed by atoms with van der Waals surface area (Å²) in [5, 5.41) is 0. The Balaban J connectivity index is 1.62. The van der Waals surface area contributed by atoms with E-state index in [9.17, 15) is 4.79 Å². The van der Waals surface area contributed by atoms with E-state index in [2.05, 4.69) is 24.3 Å². The van der Waals surface area contributed by atoms with E-state index in [-0.39, 0.29) is 6.10 Å². The van der Waals surface area contributed by atoms with Crippen molar-refractivity contribution in [3.05, 3.63) is 35.4 Å². The Morgan fingerprint density at radius 3 is 2.83 bits per heavy atom. The second-order valence-corrected chi connectivity index (χ2v) is 5.48. The quantitative estimate of drug-likeness (QED) is 0.768. The summed E-state index contributed by atoms with van der Waals surface area (Å²) in [4.78, 5) is 12.3. The molecule has 0 bridgehead atoms. The predicted molar refractivity (Wildman–Crippen MR) is 70.6 cm³/mol. The van der Waals surface area contributed by atoms with E-state index in [1.54, 1.807) is 0 Å². The molecule has 2 unspecified atom stereocenters. The Morgan fingerprint density at radius 1 is 1.39 bits per heavy atom. The van der Waals surface area contributed by atoms with Crippen LogP contribution in [0.15, 0.2) is 24.3 Å². The van der Waals surface area contributed by atoms with Gasteiger partial charge in [0.15, 0.2) is 5.78 Å². The lowest BCUT2D eigenvalue weighted by Gasteiger charge is -2.30. The van der Waals surface area contributed by atoms with Crippen molar-refractivity contribution in [1.29, 1.82) is 0 Å². The molecule has 3 rings (SSSR count). The van der Waals surface area contributed by atoms with Crippen LogP contribution in [-0.4, -0.2) is 18.5 Å². The second-order valence-electron chi connectivity index (χ2n) is 5.48. The maximum atomic E-state index is 12.3. The lowest BCUT2D eigenvalue weighted by molar-refractivity contribution is -0.132. The summed E-state index contributed by atoms with van der Waals surface area (Å²) < 4.78 is 5.64. The average Bonchev–Trinajstić information content (AvgIpc) is 3.17. The van der Waals surface area contributed by atoms with Crippen LogP contribution >= 0.6 is 0 Å². The van der Waals surface area contributed by atoms with Crippen molar-refractivity contribution in [3.63, 3.8) is 0 Å². The van der Waals surface area contributed by atoms with E-state index in [0.29, 0.717) is 30.6 Å². The van der Waals surface area contributed by atoms with E-state index in [0.717, 1.165) is 19.3 Å². The van der Waals surface area contributed by atoms with Crippen molar-refractivity contribution in [3.8, 4) is 0 Å². The monoisotopic (exact) mass is 244 g/mol. The number of rotatable bonds is 6. The highest BCUT2D eigenvalue weighted by Crippen LogP contribution is 2.40. The third kappa shape index (κ3) is 2.22. The van der Waals surface area contributed by atoms with Gasteiger partial charge in [0.2, 0.25) is 0 Å². The molecule has 0 heterocycles. The van der Waals surface area contributed by atoms with E-state index >= 15 is 0 Å². The number of hydrogen-bond donors (Lipinski definition) is 0. The summed E-state index contributed by atoms with van der Waals surface area (Å²) >= 11 is 0. The van der Waals surface area contributed by atoms with Gasteiger partial charge in [-0.2, -0.15) is 0 Å². The third-order valence-electron chi connectivity index (χ3n) is 4.12. The zero-order valence-corrected chi connectivity index (χ0v) is 10.9. The summed E-state index contributed by atoms with van der Waals surface area (Å²) in [7, 11) is 0. The molecule has 0 spiro atoms. The molecule has 2 heteroatoms. The molecular weight excluding hydrogens is 224 g/mol. The molecule has 1 saturated carbocycles. The summed E-state index contributed by atoms with van der Waals surface area (Å²) in [6, 6.07) is 8.46. The Bertz CT molecular complexity index is 448. The van der Waals surface area contributed by atoms with Gasteiger partial charge in [-0.15, -0.1) is 0 Å². The van der Waals surface area contributed by atoms with Crippen molar-refractivity contribution in [2.75, 3.05) is 6.61 Å². The summed E-state index contributed by atoms with van der Waals surface area (Å²) in [5.41, 5.74) is 2.78. The van der Waals surface area contributed by atoms with Crippen molar-refractivity contribution in [2.24, 2.45) is 5.92 Å². The maximum absolute atomic E-state index is 12.3. The van der Waals surface area contributed by atoms with Gasteiger partial charge in [-0.05, 0) is 49.1 Å². The van der Waals surface area contributed by atoms with Crippen LogP contribution in [0.3, 0.4) is 0 Å². The molecule has 96 valence electrons. The normalized spacial score (nSPS) is 23.1. The fourth-order valence-electron chi connectivity index (χ4n) is 2.97. The van der Waals surface area contributed by atoms with Gasteiger partial charge in [-0.3, -0.25) is 4.79 Å². The van der Waals surface area contributed by atoms with Gasteiger partial charge in [0.25, 0.3) is 0 Å². The number of carbonyl (C=O) groups excluding carboxylic acids is 1. The van der Waals surface area contributed by atoms with E-state index in [1.807, 2.05) is 6.92 Å². The molecule has 0 aliphatic heterocycles. The SMILES string of the molecule is CCOC(C(=O)CC1Cc2ccccc21)C1CC1. The highest BCUT2D eigenvalue weighted by atomic mass is 16.5. The van der Waals surface area contributed by atoms with Crippen LogP contribution < -0.4 is 0 Å². The number of hydrogen-bond acceptors (Lipinski definition) is 2. The molecular formula is C16H20O2. The number of Topliss-reactive ketones (excluding diaryl/α,β-unsaturated/α-hetero) is 1. The number of carbonyl (C=O) groups is 1. The van der Waals surface area contributed by atoms with Gasteiger partial charge >= 0.3 is 0 Å². The van der Waals surface area contributed by atoms with Crippen LogP contribution in [0.1, 0.15) is 43.2 Å². The highest BCUT2D eigenvalue weighted by Gasteiger charge is 2.38. The van der Waals surface area contributed by atoms with Crippen LogP contribution in [0, 0.1) is 5.92 Å². The Hall–Kier alpha value is -1.15. The Labute approximate surface area is 108 Å². The van der Waals surface area contributed by atoms with Crippen LogP contribution in [0.2, 0.25) is 0 Å². The van der Waals surface area contributed by atoms with Gasteiger partial charge in [0, 0.05) is 13.0 Å². The molecule has 0 amide bonds. The molecule has 0 saturated heterocycles. The first-order valence-corrected chi connectivity index (χ1v) is 7.01. The predicted octanol–water partition coefficient (Wildman–Crippen LogP) is 3.10. The van der Waals surface area contributed by atoms with E-state index in [1.165, 1.54) is 11.1 Å². The minimum atomic E-state index is -0.122. The van der Waals surface area contributed by atoms with Crippen molar-refractivity contribution < 1.29 is 9.53 Å². The summed E-state index contributed by atoms with van der Waals surface area (Å²) in [6.45, 7) is 2.62. The topological polar surface area (TPSA) is 26.3 Å². The molecule has 2 atom stereocenters. The van der Waals surface area contributed by atoms with Crippen molar-refractivity contribution in [1.82, 2.24) is 0 Å². The molecule has 1 fully saturated rings. The van der Waals surface area contributed by atoms with Crippen LogP contribution in [0.5, 0.6) is 0 Å². The number of ether oxygens (including phenoxy) is 1. The van der Waals surface area contributed by atoms with Gasteiger partial charge < -0.3 is 4.74 Å². The molecule has 18 heavy (non-hydrogen) atoms. The van der Waals surface area contributed by atoms with Gasteiger partial charge in [-0.25, -0.2) is 0 Å². The smallest absolute Gasteiger partial charge is 0.162 e. The summed E-state index contributed by atoms with van der Waals surface area (Å²) in [6.07, 6.45) is 3.93. The fourth-order valence-corrected chi connectivity index (χ4v) is 2.97. The molecule has 0 aromatic heterocycles. The van der Waals surface area contributed by atoms with Crippen molar-refractivity contribution in [2.45, 2.75) is 44.6 Å². The molecule has 2 nitrogen and oxygen atoms in total. The summed E-state index contributed by atoms with van der Waals surface area (Å²) in [5.74, 6) is 1.27. The molecule has 2 aliphatic rings. The zero-order valence-electron chi connectivity index (χ0n) is 10.9. The number of ketones is 1. The molecule has 1 aromatic rings. The van der Waals surface area contributed by atoms with E-state index in [4.69, 9.17) is 4.74 Å². The fraction of sp³-hybridized carbons (Fsp3) is 0.562. The first-order chi connectivity index (χ1) is 8.79. The largest absolute Gasteiger partial charge is 0.370 e. The van der Waals surface area contributed by atoms with Gasteiger partial charge in [-0.1, -0.05) is 24.3 Å². The van der Waals surface area contributed by atoms with E-state index < -0.39 is 0 Å². The minimum Gasteiger partial charge on any atom is -0.370 e. The minimum absolute atomic E-state index is 0.122. The Kier molecular flexibility index (Phi) is 3.21. The maximum Gasteiger partial charge on any atom is 0.162 e. The van der Waals surface area contributed by atoms with Crippen LogP contribution in [0.25, 0.3) is 0 Å². The lowest BCUT2D eigenvalue weighted by Crippen LogP contribution is -2.30.